The third-order valence-electron chi connectivity index (χ3n) is 3.08. The molecule has 2 N–H and O–H groups in total. The number of allylic oxidation sites excluding steroid dienone is 3. The van der Waals surface area contributed by atoms with Crippen LogP contribution in [-0.2, 0) is 9.59 Å². The number of aliphatic hydroxyl groups is 1. The number of carbonyl (C=O) groups excluding carboxylic acids is 2. The highest BCUT2D eigenvalue weighted by molar-refractivity contribution is 8.04. The highest BCUT2D eigenvalue weighted by Gasteiger charge is 2.20. The van der Waals surface area contributed by atoms with Gasteiger partial charge in [0.1, 0.15) is 0 Å². The summed E-state index contributed by atoms with van der Waals surface area (Å²) in [5, 5.41) is 12.0. The number of nitrogens with one attached hydrogen (secondary N) is 1. The number of carbonyl (C=O) groups is 2. The highest BCUT2D eigenvalue weighted by atomic mass is 32.2. The van der Waals surface area contributed by atoms with Gasteiger partial charge < -0.3 is 10.4 Å². The number of aliphatic hydroxyl groups excluding tert-OH is 1. The summed E-state index contributed by atoms with van der Waals surface area (Å²) in [7, 11) is 0. The lowest BCUT2D eigenvalue weighted by molar-refractivity contribution is -0.115. The largest absolute Gasteiger partial charge is 0.392 e. The minimum Gasteiger partial charge on any atom is -0.392 e. The van der Waals surface area contributed by atoms with Crippen LogP contribution in [0.5, 0.6) is 0 Å². The Kier molecular flexibility index (Phi) is 6.38. The van der Waals surface area contributed by atoms with Crippen LogP contribution in [0.4, 0.5) is 0 Å². The molecular weight excluding hydrogens is 310 g/mol. The molecule has 2 rings (SSSR count). The lowest BCUT2D eigenvalue weighted by Gasteiger charge is -2.14. The fraction of sp³-hybridized carbons (Fsp3) is 0.222. The average Bonchev–Trinajstić information content (AvgIpc) is 2.53. The molecule has 0 fully saturated rings. The zero-order chi connectivity index (χ0) is 16.7. The van der Waals surface area contributed by atoms with Crippen molar-refractivity contribution >= 4 is 29.4 Å². The molecule has 0 radical (unpaired) electrons. The molecule has 1 unspecified atom stereocenters. The highest BCUT2D eigenvalue weighted by Crippen LogP contribution is 2.22. The molecule has 0 amide bonds. The van der Waals surface area contributed by atoms with E-state index in [0.717, 1.165) is 5.56 Å². The molecule has 1 aromatic rings. The molecule has 4 nitrogen and oxygen atoms in total. The Bertz CT molecular complexity index is 660. The van der Waals surface area contributed by atoms with E-state index in [-0.39, 0.29) is 23.8 Å². The molecule has 0 bridgehead atoms. The molecular formula is C18H19NO3S. The molecule has 5 heteroatoms. The molecule has 0 aromatic heterocycles. The Balaban J connectivity index is 1.87. The van der Waals surface area contributed by atoms with Gasteiger partial charge in [-0.15, -0.1) is 11.8 Å². The Hall–Kier alpha value is -2.11. The average molecular weight is 329 g/mol. The van der Waals surface area contributed by atoms with Crippen molar-refractivity contribution in [1.82, 2.24) is 5.32 Å². The van der Waals surface area contributed by atoms with Crippen LogP contribution >= 0.6 is 11.8 Å². The molecule has 0 aliphatic heterocycles. The Morgan fingerprint density at radius 2 is 1.91 bits per heavy atom. The monoisotopic (exact) mass is 329 g/mol. The van der Waals surface area contributed by atoms with E-state index in [1.54, 1.807) is 6.92 Å². The lowest BCUT2D eigenvalue weighted by Crippen LogP contribution is -2.29. The van der Waals surface area contributed by atoms with Gasteiger partial charge in [0.2, 0.25) is 5.78 Å². The van der Waals surface area contributed by atoms with Crippen LogP contribution in [0, 0.1) is 0 Å². The van der Waals surface area contributed by atoms with E-state index in [0.29, 0.717) is 10.7 Å². The number of hydrogen-bond acceptors (Lipinski definition) is 5. The minimum atomic E-state index is -0.582. The normalized spacial score (nSPS) is 16.3. The van der Waals surface area contributed by atoms with Crippen molar-refractivity contribution < 1.29 is 14.7 Å². The third-order valence-corrected chi connectivity index (χ3v) is 4.07. The topological polar surface area (TPSA) is 66.4 Å². The fourth-order valence-electron chi connectivity index (χ4n) is 1.94. The molecule has 120 valence electrons. The Labute approximate surface area is 140 Å². The van der Waals surface area contributed by atoms with Gasteiger partial charge in [-0.1, -0.05) is 42.5 Å². The standard InChI is InChI=1S/C18H19NO3S/c1-13(20)12-19-15-10-17(22)18(11-16(15)21)23-9-5-8-14-6-3-2-4-7-14/h2-8,10-11,13,19-20H,9,12H2,1H3/b8-5+. The van der Waals surface area contributed by atoms with E-state index in [1.807, 2.05) is 42.5 Å². The van der Waals surface area contributed by atoms with E-state index in [9.17, 15) is 14.7 Å². The van der Waals surface area contributed by atoms with Gasteiger partial charge in [0.25, 0.3) is 0 Å². The van der Waals surface area contributed by atoms with Gasteiger partial charge in [0.05, 0.1) is 16.7 Å². The zero-order valence-electron chi connectivity index (χ0n) is 12.9. The second-order valence-electron chi connectivity index (χ2n) is 5.15. The van der Waals surface area contributed by atoms with Crippen LogP contribution in [-0.4, -0.2) is 35.1 Å². The van der Waals surface area contributed by atoms with E-state index in [2.05, 4.69) is 5.32 Å². The second-order valence-corrected chi connectivity index (χ2v) is 6.21. The van der Waals surface area contributed by atoms with Crippen LogP contribution in [0.25, 0.3) is 6.08 Å². The minimum absolute atomic E-state index is 0.184. The molecule has 1 aliphatic carbocycles. The van der Waals surface area contributed by atoms with E-state index in [4.69, 9.17) is 0 Å². The fourth-order valence-corrected chi connectivity index (χ4v) is 2.70. The van der Waals surface area contributed by atoms with Crippen molar-refractivity contribution in [2.75, 3.05) is 12.3 Å². The molecule has 0 spiro atoms. The van der Waals surface area contributed by atoms with Gasteiger partial charge in [-0.25, -0.2) is 0 Å². The first-order valence-corrected chi connectivity index (χ1v) is 8.33. The number of thioether (sulfide) groups is 1. The maximum Gasteiger partial charge on any atom is 0.203 e. The van der Waals surface area contributed by atoms with Crippen molar-refractivity contribution in [3.05, 3.63) is 64.7 Å². The maximum atomic E-state index is 12.0. The van der Waals surface area contributed by atoms with Crippen LogP contribution in [0.2, 0.25) is 0 Å². The summed E-state index contributed by atoms with van der Waals surface area (Å²) in [6, 6.07) is 9.88. The van der Waals surface area contributed by atoms with Crippen LogP contribution in [0.3, 0.4) is 0 Å². The van der Waals surface area contributed by atoms with E-state index in [1.165, 1.54) is 23.9 Å². The van der Waals surface area contributed by atoms with Crippen LogP contribution < -0.4 is 5.32 Å². The lowest BCUT2D eigenvalue weighted by atomic mass is 10.1. The Morgan fingerprint density at radius 1 is 1.17 bits per heavy atom. The second kappa shape index (κ2) is 8.50. The molecule has 0 heterocycles. The number of hydrogen-bond donors (Lipinski definition) is 2. The summed E-state index contributed by atoms with van der Waals surface area (Å²) < 4.78 is 0. The predicted molar refractivity (Wildman–Crippen MR) is 93.8 cm³/mol. The molecule has 0 saturated heterocycles. The van der Waals surface area contributed by atoms with E-state index < -0.39 is 6.10 Å². The molecule has 0 saturated carbocycles. The Morgan fingerprint density at radius 3 is 2.61 bits per heavy atom. The maximum absolute atomic E-state index is 12.0. The number of ketones is 2. The van der Waals surface area contributed by atoms with Gasteiger partial charge >= 0.3 is 0 Å². The first kappa shape index (κ1) is 17.2. The molecule has 1 atom stereocenters. The van der Waals surface area contributed by atoms with Crippen molar-refractivity contribution in [1.29, 1.82) is 0 Å². The van der Waals surface area contributed by atoms with Crippen LogP contribution in [0.1, 0.15) is 12.5 Å². The van der Waals surface area contributed by atoms with Gasteiger partial charge in [-0.05, 0) is 12.5 Å². The molecule has 1 aliphatic rings. The first-order valence-electron chi connectivity index (χ1n) is 7.34. The van der Waals surface area contributed by atoms with Gasteiger partial charge in [-0.2, -0.15) is 0 Å². The summed E-state index contributed by atoms with van der Waals surface area (Å²) in [4.78, 5) is 24.4. The van der Waals surface area contributed by atoms with Crippen LogP contribution in [0.15, 0.2) is 59.2 Å². The quantitative estimate of drug-likeness (QED) is 0.752. The zero-order valence-corrected chi connectivity index (χ0v) is 13.7. The first-order chi connectivity index (χ1) is 11.1. The van der Waals surface area contributed by atoms with Crippen molar-refractivity contribution in [2.45, 2.75) is 13.0 Å². The SMILES string of the molecule is CC(O)CNC1=CC(=O)C(SC/C=C/c2ccccc2)=CC1=O. The van der Waals surface area contributed by atoms with Crippen molar-refractivity contribution in [2.24, 2.45) is 0 Å². The van der Waals surface area contributed by atoms with Gasteiger partial charge in [0, 0.05) is 24.4 Å². The number of benzene rings is 1. The third kappa shape index (κ3) is 5.54. The van der Waals surface area contributed by atoms with Gasteiger partial charge in [0.15, 0.2) is 5.78 Å². The van der Waals surface area contributed by atoms with E-state index >= 15 is 0 Å². The smallest absolute Gasteiger partial charge is 0.203 e. The summed E-state index contributed by atoms with van der Waals surface area (Å²) in [5.74, 6) is 0.194. The summed E-state index contributed by atoms with van der Waals surface area (Å²) in [6.45, 7) is 1.85. The number of rotatable bonds is 7. The summed E-state index contributed by atoms with van der Waals surface area (Å²) in [6.07, 6.45) is 6.01. The summed E-state index contributed by atoms with van der Waals surface area (Å²) >= 11 is 1.34. The van der Waals surface area contributed by atoms with Gasteiger partial charge in [-0.3, -0.25) is 9.59 Å². The van der Waals surface area contributed by atoms with Crippen molar-refractivity contribution in [3.8, 4) is 0 Å². The molecule has 23 heavy (non-hydrogen) atoms. The predicted octanol–water partition coefficient (Wildman–Crippen LogP) is 2.32. The molecule has 1 aromatic carbocycles. The summed E-state index contributed by atoms with van der Waals surface area (Å²) in [5.41, 5.74) is 1.33. The van der Waals surface area contributed by atoms with Crippen molar-refractivity contribution in [3.63, 3.8) is 0 Å².